The first kappa shape index (κ1) is 14.9. The maximum absolute atomic E-state index is 12.4. The predicted molar refractivity (Wildman–Crippen MR) is 74.4 cm³/mol. The van der Waals surface area contributed by atoms with Gasteiger partial charge in [-0.1, -0.05) is 0 Å². The molecule has 1 N–H and O–H groups in total. The van der Waals surface area contributed by atoms with E-state index in [9.17, 15) is 14.3 Å². The standard InChI is InChI=1S/C12H17N3O4S/c13-20(18,10-7-14-5-8-19-9-6-14)12-3-1-11(2-4-12)15(16)17/h1-4,13H,5-10H2. The number of rotatable bonds is 5. The van der Waals surface area contributed by atoms with Gasteiger partial charge >= 0.3 is 0 Å². The second-order valence-corrected chi connectivity index (χ2v) is 6.81. The van der Waals surface area contributed by atoms with Gasteiger partial charge in [-0.3, -0.25) is 15.0 Å². The third kappa shape index (κ3) is 3.75. The Labute approximate surface area is 117 Å². The molecule has 7 nitrogen and oxygen atoms in total. The highest BCUT2D eigenvalue weighted by Crippen LogP contribution is 2.17. The predicted octanol–water partition coefficient (Wildman–Crippen LogP) is 1.33. The van der Waals surface area contributed by atoms with Crippen molar-refractivity contribution in [2.45, 2.75) is 4.90 Å². The summed E-state index contributed by atoms with van der Waals surface area (Å²) >= 11 is 0. The number of non-ortho nitro benzene ring substituents is 1. The lowest BCUT2D eigenvalue weighted by atomic mass is 10.3. The minimum atomic E-state index is -2.91. The first-order chi connectivity index (χ1) is 9.49. The lowest BCUT2D eigenvalue weighted by molar-refractivity contribution is -0.384. The molecule has 1 aromatic rings. The van der Waals surface area contributed by atoms with Crippen LogP contribution < -0.4 is 0 Å². The van der Waals surface area contributed by atoms with Crippen LogP contribution in [0, 0.1) is 14.9 Å². The van der Waals surface area contributed by atoms with Crippen molar-refractivity contribution in [2.24, 2.45) is 0 Å². The smallest absolute Gasteiger partial charge is 0.269 e. The summed E-state index contributed by atoms with van der Waals surface area (Å²) in [7, 11) is -2.91. The Morgan fingerprint density at radius 1 is 1.30 bits per heavy atom. The van der Waals surface area contributed by atoms with Gasteiger partial charge in [0.05, 0.1) is 27.9 Å². The van der Waals surface area contributed by atoms with Crippen molar-refractivity contribution in [2.75, 3.05) is 38.6 Å². The molecule has 2 rings (SSSR count). The molecule has 0 radical (unpaired) electrons. The van der Waals surface area contributed by atoms with E-state index in [1.54, 1.807) is 0 Å². The second kappa shape index (κ2) is 6.29. The molecule has 1 atom stereocenters. The molecule has 1 heterocycles. The highest BCUT2D eigenvalue weighted by Gasteiger charge is 2.16. The number of nitrogens with one attached hydrogen (secondary N) is 1. The van der Waals surface area contributed by atoms with Gasteiger partial charge in [-0.15, -0.1) is 0 Å². The fraction of sp³-hybridized carbons (Fsp3) is 0.500. The summed E-state index contributed by atoms with van der Waals surface area (Å²) in [5.74, 6) is 0.227. The molecule has 20 heavy (non-hydrogen) atoms. The number of hydrogen-bond donors (Lipinski definition) is 1. The van der Waals surface area contributed by atoms with Crippen molar-refractivity contribution in [3.05, 3.63) is 34.4 Å². The van der Waals surface area contributed by atoms with Crippen molar-refractivity contribution in [1.82, 2.24) is 4.90 Å². The van der Waals surface area contributed by atoms with Crippen LogP contribution in [0.5, 0.6) is 0 Å². The van der Waals surface area contributed by atoms with Crippen LogP contribution in [0.2, 0.25) is 0 Å². The number of nitrogens with zero attached hydrogens (tertiary/aromatic N) is 2. The summed E-state index contributed by atoms with van der Waals surface area (Å²) in [6, 6.07) is 5.40. The first-order valence-electron chi connectivity index (χ1n) is 6.30. The van der Waals surface area contributed by atoms with Crippen LogP contribution in [0.3, 0.4) is 0 Å². The van der Waals surface area contributed by atoms with Crippen LogP contribution in [0.25, 0.3) is 0 Å². The van der Waals surface area contributed by atoms with Gasteiger partial charge in [0.1, 0.15) is 0 Å². The zero-order valence-electron chi connectivity index (χ0n) is 11.0. The Balaban J connectivity index is 2.00. The van der Waals surface area contributed by atoms with Gasteiger partial charge in [0.15, 0.2) is 0 Å². The Morgan fingerprint density at radius 3 is 2.45 bits per heavy atom. The van der Waals surface area contributed by atoms with E-state index in [1.807, 2.05) is 0 Å². The van der Waals surface area contributed by atoms with Gasteiger partial charge in [0, 0.05) is 42.4 Å². The largest absolute Gasteiger partial charge is 0.379 e. The molecule has 110 valence electrons. The monoisotopic (exact) mass is 299 g/mol. The topological polar surface area (TPSA) is 96.5 Å². The van der Waals surface area contributed by atoms with E-state index >= 15 is 0 Å². The van der Waals surface area contributed by atoms with Crippen molar-refractivity contribution in [3.63, 3.8) is 0 Å². The molecule has 1 fully saturated rings. The Kier molecular flexibility index (Phi) is 4.69. The van der Waals surface area contributed by atoms with E-state index in [1.165, 1.54) is 24.3 Å². The van der Waals surface area contributed by atoms with Crippen molar-refractivity contribution < 1.29 is 13.9 Å². The maximum Gasteiger partial charge on any atom is 0.269 e. The average molecular weight is 299 g/mol. The van der Waals surface area contributed by atoms with E-state index in [-0.39, 0.29) is 11.4 Å². The molecule has 0 spiro atoms. The summed E-state index contributed by atoms with van der Waals surface area (Å²) in [5.41, 5.74) is -0.0582. The summed E-state index contributed by atoms with van der Waals surface area (Å²) in [5, 5.41) is 10.6. The van der Waals surface area contributed by atoms with Crippen LogP contribution >= 0.6 is 0 Å². The molecule has 1 aromatic carbocycles. The quantitative estimate of drug-likeness (QED) is 0.653. The minimum absolute atomic E-state index is 0.0582. The third-order valence-corrected chi connectivity index (χ3v) is 5.02. The van der Waals surface area contributed by atoms with Gasteiger partial charge < -0.3 is 4.74 Å². The molecular formula is C12H17N3O4S. The number of nitro benzene ring substituents is 1. The number of ether oxygens (including phenoxy) is 1. The molecule has 0 aromatic heterocycles. The van der Waals surface area contributed by atoms with Crippen molar-refractivity contribution in [3.8, 4) is 0 Å². The van der Waals surface area contributed by atoms with Gasteiger partial charge in [-0.05, 0) is 12.1 Å². The zero-order valence-corrected chi connectivity index (χ0v) is 11.8. The Hall–Kier alpha value is -1.51. The molecule has 0 amide bonds. The summed E-state index contributed by atoms with van der Waals surface area (Å²) in [6.07, 6.45) is 0. The number of nitro groups is 1. The van der Waals surface area contributed by atoms with E-state index < -0.39 is 14.7 Å². The zero-order chi connectivity index (χ0) is 14.6. The summed E-state index contributed by atoms with van der Waals surface area (Å²) in [4.78, 5) is 12.5. The van der Waals surface area contributed by atoms with Crippen molar-refractivity contribution >= 4 is 15.4 Å². The Morgan fingerprint density at radius 2 is 1.90 bits per heavy atom. The van der Waals surface area contributed by atoms with Gasteiger partial charge in [-0.2, -0.15) is 0 Å². The summed E-state index contributed by atoms with van der Waals surface area (Å²) < 4.78 is 25.5. The van der Waals surface area contributed by atoms with Crippen LogP contribution in [0.1, 0.15) is 0 Å². The molecule has 0 saturated carbocycles. The molecule has 0 aliphatic carbocycles. The normalized spacial score (nSPS) is 19.4. The molecule has 1 unspecified atom stereocenters. The fourth-order valence-electron chi connectivity index (χ4n) is 1.99. The van der Waals surface area contributed by atoms with E-state index in [0.29, 0.717) is 24.7 Å². The van der Waals surface area contributed by atoms with Crippen LogP contribution in [-0.4, -0.2) is 52.6 Å². The number of hydrogen-bond acceptors (Lipinski definition) is 6. The lowest BCUT2D eigenvalue weighted by Gasteiger charge is -2.26. The highest BCUT2D eigenvalue weighted by molar-refractivity contribution is 7.92. The van der Waals surface area contributed by atoms with Crippen LogP contribution in [0.15, 0.2) is 29.2 Å². The molecule has 1 aliphatic heterocycles. The van der Waals surface area contributed by atoms with Gasteiger partial charge in [0.25, 0.3) is 5.69 Å². The van der Waals surface area contributed by atoms with Crippen LogP contribution in [-0.2, 0) is 14.5 Å². The maximum atomic E-state index is 12.4. The first-order valence-corrected chi connectivity index (χ1v) is 8.03. The van der Waals surface area contributed by atoms with Gasteiger partial charge in [-0.25, -0.2) is 8.99 Å². The van der Waals surface area contributed by atoms with Crippen LogP contribution in [0.4, 0.5) is 5.69 Å². The second-order valence-electron chi connectivity index (χ2n) is 4.58. The number of benzene rings is 1. The SMILES string of the molecule is N=S(=O)(CCN1CCOCC1)c1ccc([N+](=O)[O-])cc1. The number of morpholine rings is 1. The fourth-order valence-corrected chi connectivity index (χ4v) is 3.31. The van der Waals surface area contributed by atoms with Gasteiger partial charge in [0.2, 0.25) is 0 Å². The van der Waals surface area contributed by atoms with E-state index in [0.717, 1.165) is 13.1 Å². The van der Waals surface area contributed by atoms with Crippen molar-refractivity contribution in [1.29, 1.82) is 4.78 Å². The molecule has 1 saturated heterocycles. The molecular weight excluding hydrogens is 282 g/mol. The van der Waals surface area contributed by atoms with E-state index in [2.05, 4.69) is 4.90 Å². The molecule has 0 bridgehead atoms. The third-order valence-electron chi connectivity index (χ3n) is 3.23. The lowest BCUT2D eigenvalue weighted by Crippen LogP contribution is -2.38. The summed E-state index contributed by atoms with van der Waals surface area (Å²) in [6.45, 7) is 3.47. The Bertz CT molecular complexity index is 565. The highest BCUT2D eigenvalue weighted by atomic mass is 32.2. The minimum Gasteiger partial charge on any atom is -0.379 e. The molecule has 8 heteroatoms. The molecule has 1 aliphatic rings. The van der Waals surface area contributed by atoms with E-state index in [4.69, 9.17) is 9.52 Å². The average Bonchev–Trinajstić information content (AvgIpc) is 2.46.